The van der Waals surface area contributed by atoms with Gasteiger partial charge >= 0.3 is 0 Å². The van der Waals surface area contributed by atoms with Crippen molar-refractivity contribution in [3.05, 3.63) is 47.3 Å². The first-order valence-electron chi connectivity index (χ1n) is 4.85. The van der Waals surface area contributed by atoms with E-state index in [1.807, 2.05) is 6.07 Å². The second-order valence-corrected chi connectivity index (χ2v) is 3.46. The molecule has 0 unspecified atom stereocenters. The van der Waals surface area contributed by atoms with Crippen LogP contribution in [0, 0.1) is 12.7 Å². The summed E-state index contributed by atoms with van der Waals surface area (Å²) in [5.41, 5.74) is 6.32. The number of benzene rings is 1. The summed E-state index contributed by atoms with van der Waals surface area (Å²) in [5.74, 6) is 1.05. The number of rotatable bonds is 2. The van der Waals surface area contributed by atoms with Crippen LogP contribution in [0.1, 0.15) is 17.2 Å². The van der Waals surface area contributed by atoms with E-state index in [0.717, 1.165) is 5.56 Å². The Balaban J connectivity index is 2.27. The lowest BCUT2D eigenvalue weighted by Gasteiger charge is -2.02. The van der Waals surface area contributed by atoms with Crippen LogP contribution in [0.3, 0.4) is 0 Å². The van der Waals surface area contributed by atoms with Crippen LogP contribution in [0.15, 0.2) is 24.3 Å². The van der Waals surface area contributed by atoms with E-state index >= 15 is 0 Å². The van der Waals surface area contributed by atoms with Gasteiger partial charge in [0.2, 0.25) is 5.95 Å². The van der Waals surface area contributed by atoms with Gasteiger partial charge in [0.25, 0.3) is 0 Å². The molecule has 0 fully saturated rings. The van der Waals surface area contributed by atoms with Gasteiger partial charge in [-0.25, -0.2) is 9.37 Å². The lowest BCUT2D eigenvalue weighted by Crippen LogP contribution is -2.05. The Morgan fingerprint density at radius 3 is 2.75 bits per heavy atom. The van der Waals surface area contributed by atoms with E-state index in [1.165, 1.54) is 12.1 Å². The molecule has 0 aliphatic rings. The Morgan fingerprint density at radius 2 is 2.06 bits per heavy atom. The maximum absolute atomic E-state index is 13.0. The molecule has 0 atom stereocenters. The number of hydrogen-bond acceptors (Lipinski definition) is 4. The van der Waals surface area contributed by atoms with E-state index in [4.69, 9.17) is 5.73 Å². The van der Waals surface area contributed by atoms with Crippen molar-refractivity contribution in [1.82, 2.24) is 15.0 Å². The Kier molecular flexibility index (Phi) is 2.76. The van der Waals surface area contributed by atoms with Crippen LogP contribution in [-0.2, 0) is 6.42 Å². The van der Waals surface area contributed by atoms with Gasteiger partial charge < -0.3 is 5.73 Å². The Hall–Kier alpha value is -2.04. The van der Waals surface area contributed by atoms with Gasteiger partial charge in [0.05, 0.1) is 0 Å². The van der Waals surface area contributed by atoms with Crippen LogP contribution in [0.25, 0.3) is 0 Å². The molecule has 2 aromatic rings. The number of nitrogens with two attached hydrogens (primary N) is 1. The molecule has 0 spiro atoms. The molecular weight excluding hydrogens is 207 g/mol. The third-order valence-corrected chi connectivity index (χ3v) is 2.06. The molecule has 0 radical (unpaired) electrons. The summed E-state index contributed by atoms with van der Waals surface area (Å²) in [6.45, 7) is 1.74. The topological polar surface area (TPSA) is 64.7 Å². The van der Waals surface area contributed by atoms with Crippen molar-refractivity contribution in [1.29, 1.82) is 0 Å². The SMILES string of the molecule is Cc1nc(N)nc(Cc2cccc(F)c2)n1. The number of nitrogens with zero attached hydrogens (tertiary/aromatic N) is 3. The fourth-order valence-corrected chi connectivity index (χ4v) is 1.47. The molecule has 16 heavy (non-hydrogen) atoms. The number of aryl methyl sites for hydroxylation is 1. The summed E-state index contributed by atoms with van der Waals surface area (Å²) in [7, 11) is 0. The van der Waals surface area contributed by atoms with E-state index < -0.39 is 0 Å². The minimum atomic E-state index is -0.267. The predicted octanol–water partition coefficient (Wildman–Crippen LogP) is 1.49. The molecule has 5 heteroatoms. The lowest BCUT2D eigenvalue weighted by molar-refractivity contribution is 0.625. The number of anilines is 1. The Morgan fingerprint density at radius 1 is 1.25 bits per heavy atom. The summed E-state index contributed by atoms with van der Waals surface area (Å²) in [6.07, 6.45) is 0.450. The zero-order valence-electron chi connectivity index (χ0n) is 8.81. The molecule has 2 N–H and O–H groups in total. The van der Waals surface area contributed by atoms with Crippen molar-refractivity contribution in [3.8, 4) is 0 Å². The largest absolute Gasteiger partial charge is 0.368 e. The van der Waals surface area contributed by atoms with Crippen molar-refractivity contribution in [2.24, 2.45) is 0 Å². The first-order chi connectivity index (χ1) is 7.63. The number of hydrogen-bond donors (Lipinski definition) is 1. The van der Waals surface area contributed by atoms with Crippen molar-refractivity contribution in [2.45, 2.75) is 13.3 Å². The molecule has 4 nitrogen and oxygen atoms in total. The minimum Gasteiger partial charge on any atom is -0.368 e. The minimum absolute atomic E-state index is 0.193. The first-order valence-corrected chi connectivity index (χ1v) is 4.85. The molecule has 0 amide bonds. The molecule has 1 aromatic heterocycles. The molecule has 0 saturated carbocycles. The van der Waals surface area contributed by atoms with Crippen LogP contribution in [0.5, 0.6) is 0 Å². The monoisotopic (exact) mass is 218 g/mol. The first kappa shape index (κ1) is 10.5. The van der Waals surface area contributed by atoms with Gasteiger partial charge in [-0.2, -0.15) is 9.97 Å². The molecular formula is C11H11FN4. The van der Waals surface area contributed by atoms with Gasteiger partial charge in [0.15, 0.2) is 0 Å². The van der Waals surface area contributed by atoms with Gasteiger partial charge in [0.1, 0.15) is 17.5 Å². The molecule has 2 rings (SSSR count). The van der Waals surface area contributed by atoms with Gasteiger partial charge in [-0.3, -0.25) is 0 Å². The fourth-order valence-electron chi connectivity index (χ4n) is 1.47. The molecule has 0 aliphatic heterocycles. The van der Waals surface area contributed by atoms with E-state index in [1.54, 1.807) is 13.0 Å². The third-order valence-electron chi connectivity index (χ3n) is 2.06. The standard InChI is InChI=1S/C11H11FN4/c1-7-14-10(16-11(13)15-7)6-8-3-2-4-9(12)5-8/h2-5H,6H2,1H3,(H2,13,14,15,16). The quantitative estimate of drug-likeness (QED) is 0.829. The summed E-state index contributed by atoms with van der Waals surface area (Å²) in [4.78, 5) is 12.0. The molecule has 1 heterocycles. The smallest absolute Gasteiger partial charge is 0.223 e. The van der Waals surface area contributed by atoms with E-state index in [2.05, 4.69) is 15.0 Å². The molecule has 1 aromatic carbocycles. The van der Waals surface area contributed by atoms with Crippen molar-refractivity contribution < 1.29 is 4.39 Å². The number of halogens is 1. The Labute approximate surface area is 92.4 Å². The second-order valence-electron chi connectivity index (χ2n) is 3.46. The van der Waals surface area contributed by atoms with E-state index in [-0.39, 0.29) is 11.8 Å². The third kappa shape index (κ3) is 2.50. The van der Waals surface area contributed by atoms with Crippen molar-refractivity contribution in [3.63, 3.8) is 0 Å². The fraction of sp³-hybridized carbons (Fsp3) is 0.182. The molecule has 0 aliphatic carbocycles. The highest BCUT2D eigenvalue weighted by molar-refractivity contribution is 5.22. The van der Waals surface area contributed by atoms with Crippen molar-refractivity contribution in [2.75, 3.05) is 5.73 Å². The zero-order valence-corrected chi connectivity index (χ0v) is 8.81. The lowest BCUT2D eigenvalue weighted by atomic mass is 10.1. The van der Waals surface area contributed by atoms with Crippen LogP contribution in [0.2, 0.25) is 0 Å². The van der Waals surface area contributed by atoms with Crippen LogP contribution >= 0.6 is 0 Å². The van der Waals surface area contributed by atoms with Gasteiger partial charge in [-0.15, -0.1) is 0 Å². The summed E-state index contributed by atoms with van der Waals surface area (Å²) in [5, 5.41) is 0. The molecule has 0 bridgehead atoms. The maximum Gasteiger partial charge on any atom is 0.223 e. The molecule has 0 saturated heterocycles. The van der Waals surface area contributed by atoms with E-state index in [9.17, 15) is 4.39 Å². The summed E-state index contributed by atoms with van der Waals surface area (Å²) < 4.78 is 13.0. The average Bonchev–Trinajstić information content (AvgIpc) is 2.15. The Bertz CT molecular complexity index is 493. The van der Waals surface area contributed by atoms with Gasteiger partial charge in [0, 0.05) is 6.42 Å². The highest BCUT2D eigenvalue weighted by Gasteiger charge is 2.03. The van der Waals surface area contributed by atoms with Crippen molar-refractivity contribution >= 4 is 5.95 Å². The second kappa shape index (κ2) is 4.22. The molecule has 82 valence electrons. The summed E-state index contributed by atoms with van der Waals surface area (Å²) in [6, 6.07) is 6.33. The van der Waals surface area contributed by atoms with Crippen LogP contribution in [-0.4, -0.2) is 15.0 Å². The predicted molar refractivity (Wildman–Crippen MR) is 58.2 cm³/mol. The number of aromatic nitrogens is 3. The summed E-state index contributed by atoms with van der Waals surface area (Å²) >= 11 is 0. The number of nitrogen functional groups attached to an aromatic ring is 1. The van der Waals surface area contributed by atoms with Gasteiger partial charge in [-0.05, 0) is 24.6 Å². The maximum atomic E-state index is 13.0. The normalized spacial score (nSPS) is 10.4. The highest BCUT2D eigenvalue weighted by Crippen LogP contribution is 2.08. The van der Waals surface area contributed by atoms with Gasteiger partial charge in [-0.1, -0.05) is 12.1 Å². The van der Waals surface area contributed by atoms with Crippen LogP contribution in [0.4, 0.5) is 10.3 Å². The average molecular weight is 218 g/mol. The zero-order chi connectivity index (χ0) is 11.5. The van der Waals surface area contributed by atoms with E-state index in [0.29, 0.717) is 18.1 Å². The van der Waals surface area contributed by atoms with Crippen LogP contribution < -0.4 is 5.73 Å². The highest BCUT2D eigenvalue weighted by atomic mass is 19.1.